The Hall–Kier alpha value is -1.13. The predicted molar refractivity (Wildman–Crippen MR) is 46.6 cm³/mol. The van der Waals surface area contributed by atoms with E-state index in [1.54, 1.807) is 18.2 Å². The van der Waals surface area contributed by atoms with Gasteiger partial charge in [-0.1, -0.05) is 24.8 Å². The number of sulfonamides is 1. The van der Waals surface area contributed by atoms with Gasteiger partial charge in [-0.3, -0.25) is 0 Å². The van der Waals surface area contributed by atoms with Crippen molar-refractivity contribution in [2.24, 2.45) is 0 Å². The van der Waals surface area contributed by atoms with Crippen LogP contribution in [-0.4, -0.2) is 8.42 Å². The zero-order valence-corrected chi connectivity index (χ0v) is 7.34. The van der Waals surface area contributed by atoms with E-state index in [0.717, 1.165) is 5.56 Å². The van der Waals surface area contributed by atoms with Crippen LogP contribution >= 0.6 is 0 Å². The first-order valence-electron chi connectivity index (χ1n) is 3.34. The van der Waals surface area contributed by atoms with Gasteiger partial charge in [-0.25, -0.2) is 5.14 Å². The third-order valence-electron chi connectivity index (χ3n) is 1.47. The normalized spacial score (nSPS) is 11.1. The van der Waals surface area contributed by atoms with E-state index in [1.165, 1.54) is 12.1 Å². The molecule has 0 heterocycles. The van der Waals surface area contributed by atoms with Crippen LogP contribution in [-0.2, 0) is 10.0 Å². The molecule has 1 rings (SSSR count). The van der Waals surface area contributed by atoms with Crippen molar-refractivity contribution < 1.29 is 13.6 Å². The zero-order valence-electron chi connectivity index (χ0n) is 6.53. The fourth-order valence-corrected chi connectivity index (χ4v) is 1.36. The van der Waals surface area contributed by atoms with Crippen LogP contribution < -0.4 is 5.14 Å². The summed E-state index contributed by atoms with van der Waals surface area (Å²) in [4.78, 5) is 0.230. The SMILES string of the molecule is C=Cc1ccc(S([NH3+])(=O)=O)cc1. The highest BCUT2D eigenvalue weighted by molar-refractivity contribution is 7.84. The van der Waals surface area contributed by atoms with Crippen LogP contribution in [0.3, 0.4) is 0 Å². The summed E-state index contributed by atoms with van der Waals surface area (Å²) in [5.41, 5.74) is 0.891. The molecule has 64 valence electrons. The van der Waals surface area contributed by atoms with E-state index in [-0.39, 0.29) is 4.90 Å². The molecule has 0 aliphatic carbocycles. The number of benzene rings is 1. The molecule has 0 aliphatic heterocycles. The van der Waals surface area contributed by atoms with Crippen molar-refractivity contribution in [2.45, 2.75) is 4.90 Å². The van der Waals surface area contributed by atoms with E-state index in [2.05, 4.69) is 11.7 Å². The van der Waals surface area contributed by atoms with Crippen molar-refractivity contribution in [1.82, 2.24) is 0 Å². The molecule has 0 spiro atoms. The molecule has 12 heavy (non-hydrogen) atoms. The molecule has 1 aromatic rings. The fourth-order valence-electron chi connectivity index (χ4n) is 0.811. The number of hydrogen-bond donors (Lipinski definition) is 1. The van der Waals surface area contributed by atoms with Crippen LogP contribution in [0.4, 0.5) is 0 Å². The maximum Gasteiger partial charge on any atom is 0.322 e. The molecule has 3 nitrogen and oxygen atoms in total. The number of quaternary nitrogens is 1. The molecule has 0 aromatic heterocycles. The molecule has 0 atom stereocenters. The van der Waals surface area contributed by atoms with Crippen molar-refractivity contribution in [3.8, 4) is 0 Å². The van der Waals surface area contributed by atoms with E-state index in [4.69, 9.17) is 0 Å². The van der Waals surface area contributed by atoms with Gasteiger partial charge in [0.2, 0.25) is 0 Å². The molecule has 4 heteroatoms. The summed E-state index contributed by atoms with van der Waals surface area (Å²) < 4.78 is 21.8. The van der Waals surface area contributed by atoms with Gasteiger partial charge < -0.3 is 0 Å². The maximum absolute atomic E-state index is 10.9. The maximum atomic E-state index is 10.9. The van der Waals surface area contributed by atoms with Gasteiger partial charge in [0.15, 0.2) is 0 Å². The van der Waals surface area contributed by atoms with E-state index < -0.39 is 10.0 Å². The molecule has 3 N–H and O–H groups in total. The highest BCUT2D eigenvalue weighted by atomic mass is 32.2. The van der Waals surface area contributed by atoms with Crippen molar-refractivity contribution in [2.75, 3.05) is 0 Å². The molecular formula is C8H10NO2S+. The average Bonchev–Trinajstić information content (AvgIpc) is 2.03. The summed E-state index contributed by atoms with van der Waals surface area (Å²) in [6.07, 6.45) is 1.65. The molecule has 1 aromatic carbocycles. The van der Waals surface area contributed by atoms with Gasteiger partial charge in [-0.05, 0) is 17.7 Å². The van der Waals surface area contributed by atoms with Gasteiger partial charge in [-0.2, -0.15) is 8.42 Å². The number of rotatable bonds is 2. The first kappa shape index (κ1) is 8.96. The monoisotopic (exact) mass is 184 g/mol. The lowest BCUT2D eigenvalue weighted by Gasteiger charge is -1.94. The van der Waals surface area contributed by atoms with Gasteiger partial charge >= 0.3 is 10.0 Å². The Balaban J connectivity index is 3.17. The van der Waals surface area contributed by atoms with Crippen LogP contribution in [0, 0.1) is 0 Å². The minimum Gasteiger partial charge on any atom is -0.248 e. The highest BCUT2D eigenvalue weighted by Crippen LogP contribution is 2.07. The summed E-state index contributed by atoms with van der Waals surface area (Å²) in [7, 11) is -3.31. The Morgan fingerprint density at radius 3 is 2.08 bits per heavy atom. The van der Waals surface area contributed by atoms with Gasteiger partial charge in [0.05, 0.1) is 0 Å². The molecule has 0 amide bonds. The summed E-state index contributed by atoms with van der Waals surface area (Å²) in [5.74, 6) is 0. The Bertz CT molecular complexity index is 378. The lowest BCUT2D eigenvalue weighted by molar-refractivity contribution is -0.164. The summed E-state index contributed by atoms with van der Waals surface area (Å²) in [5, 5.41) is 3.04. The molecule has 0 fully saturated rings. The molecule has 0 unspecified atom stereocenters. The Morgan fingerprint density at radius 1 is 1.25 bits per heavy atom. The molecule has 0 radical (unpaired) electrons. The second-order valence-electron chi connectivity index (χ2n) is 2.39. The van der Waals surface area contributed by atoms with Gasteiger partial charge in [0, 0.05) is 0 Å². The van der Waals surface area contributed by atoms with Crippen molar-refractivity contribution in [3.63, 3.8) is 0 Å². The van der Waals surface area contributed by atoms with E-state index in [0.29, 0.717) is 0 Å². The first-order valence-corrected chi connectivity index (χ1v) is 5.00. The Morgan fingerprint density at radius 2 is 1.75 bits per heavy atom. The smallest absolute Gasteiger partial charge is 0.248 e. The van der Waals surface area contributed by atoms with Gasteiger partial charge in [-0.15, -0.1) is 0 Å². The van der Waals surface area contributed by atoms with Crippen molar-refractivity contribution in [1.29, 1.82) is 0 Å². The topological polar surface area (TPSA) is 61.8 Å². The van der Waals surface area contributed by atoms with Gasteiger partial charge in [0.1, 0.15) is 4.90 Å². The quantitative estimate of drug-likeness (QED) is 0.716. The minimum absolute atomic E-state index is 0.230. The van der Waals surface area contributed by atoms with Crippen LogP contribution in [0.25, 0.3) is 6.08 Å². The third-order valence-corrected chi connectivity index (χ3v) is 2.47. The average molecular weight is 184 g/mol. The third kappa shape index (κ3) is 1.93. The summed E-state index contributed by atoms with van der Waals surface area (Å²) in [6, 6.07) is 6.40. The largest absolute Gasteiger partial charge is 0.322 e. The molecule has 0 saturated carbocycles. The molecule has 0 aliphatic rings. The Kier molecular flexibility index (Phi) is 2.30. The van der Waals surface area contributed by atoms with Gasteiger partial charge in [0.25, 0.3) is 0 Å². The first-order chi connectivity index (χ1) is 5.54. The van der Waals surface area contributed by atoms with Crippen LogP contribution in [0.15, 0.2) is 35.7 Å². The molecule has 0 saturated heterocycles. The van der Waals surface area contributed by atoms with E-state index >= 15 is 0 Å². The summed E-state index contributed by atoms with van der Waals surface area (Å²) >= 11 is 0. The van der Waals surface area contributed by atoms with E-state index in [1.807, 2.05) is 0 Å². The second kappa shape index (κ2) is 3.08. The predicted octanol–water partition coefficient (Wildman–Crippen LogP) is 0.260. The standard InChI is InChI=1S/C8H9NO2S/c1-2-7-3-5-8(6-4-7)12(9,10)11/h2-6H,1H2,(H2,9,10,11)/p+1. The van der Waals surface area contributed by atoms with Crippen LogP contribution in [0.1, 0.15) is 5.56 Å². The van der Waals surface area contributed by atoms with Crippen molar-refractivity contribution in [3.05, 3.63) is 36.4 Å². The summed E-state index contributed by atoms with van der Waals surface area (Å²) in [6.45, 7) is 3.56. The molecular weight excluding hydrogens is 174 g/mol. The van der Waals surface area contributed by atoms with E-state index in [9.17, 15) is 8.42 Å². The lowest BCUT2D eigenvalue weighted by Crippen LogP contribution is -2.56. The Labute approximate surface area is 71.6 Å². The number of hydrogen-bond acceptors (Lipinski definition) is 2. The lowest BCUT2D eigenvalue weighted by atomic mass is 10.2. The minimum atomic E-state index is -3.31. The van der Waals surface area contributed by atoms with Crippen LogP contribution in [0.5, 0.6) is 0 Å². The van der Waals surface area contributed by atoms with Crippen molar-refractivity contribution >= 4 is 16.1 Å². The van der Waals surface area contributed by atoms with Crippen LogP contribution in [0.2, 0.25) is 0 Å². The second-order valence-corrected chi connectivity index (χ2v) is 4.09. The fraction of sp³-hybridized carbons (Fsp3) is 0. The highest BCUT2D eigenvalue weighted by Gasteiger charge is 2.09. The molecule has 0 bridgehead atoms. The zero-order chi connectivity index (χ0) is 9.19.